The van der Waals surface area contributed by atoms with E-state index in [1.165, 1.54) is 25.7 Å². The molecule has 0 bridgehead atoms. The Morgan fingerprint density at radius 1 is 1.10 bits per heavy atom. The van der Waals surface area contributed by atoms with Gasteiger partial charge < -0.3 is 5.11 Å². The van der Waals surface area contributed by atoms with E-state index >= 15 is 0 Å². The van der Waals surface area contributed by atoms with Crippen molar-refractivity contribution >= 4 is 0 Å². The second-order valence-corrected chi connectivity index (χ2v) is 2.93. The minimum atomic E-state index is -0.488. The SMILES string of the molecule is [CH2]C(O)N1CCCCCC1. The zero-order valence-electron chi connectivity index (χ0n) is 6.42. The Balaban J connectivity index is 2.28. The highest BCUT2D eigenvalue weighted by Crippen LogP contribution is 2.10. The van der Waals surface area contributed by atoms with Crippen LogP contribution in [0.25, 0.3) is 0 Å². The van der Waals surface area contributed by atoms with Gasteiger partial charge in [-0.1, -0.05) is 12.8 Å². The minimum Gasteiger partial charge on any atom is -0.378 e. The first-order valence-electron chi connectivity index (χ1n) is 4.06. The number of likely N-dealkylation sites (tertiary alicyclic amines) is 1. The molecule has 59 valence electrons. The van der Waals surface area contributed by atoms with Crippen LogP contribution >= 0.6 is 0 Å². The molecule has 0 spiro atoms. The van der Waals surface area contributed by atoms with E-state index in [1.807, 2.05) is 4.90 Å². The number of hydrogen-bond acceptors (Lipinski definition) is 2. The first kappa shape index (κ1) is 8.02. The maximum atomic E-state index is 9.12. The molecular weight excluding hydrogens is 126 g/mol. The van der Waals surface area contributed by atoms with Gasteiger partial charge in [0.1, 0.15) is 6.23 Å². The summed E-state index contributed by atoms with van der Waals surface area (Å²) in [5.74, 6) is 0. The molecule has 0 saturated carbocycles. The Kier molecular flexibility index (Phi) is 3.16. The molecular formula is C8H16NO. The first-order valence-corrected chi connectivity index (χ1v) is 4.06. The summed E-state index contributed by atoms with van der Waals surface area (Å²) < 4.78 is 0. The van der Waals surface area contributed by atoms with Crippen LogP contribution in [0, 0.1) is 6.92 Å². The highest BCUT2D eigenvalue weighted by molar-refractivity contribution is 4.66. The van der Waals surface area contributed by atoms with Crippen molar-refractivity contribution in [3.63, 3.8) is 0 Å². The van der Waals surface area contributed by atoms with Gasteiger partial charge >= 0.3 is 0 Å². The van der Waals surface area contributed by atoms with Crippen LogP contribution in [0.2, 0.25) is 0 Å². The summed E-state index contributed by atoms with van der Waals surface area (Å²) in [6, 6.07) is 0. The molecule has 0 aromatic carbocycles. The van der Waals surface area contributed by atoms with Crippen LogP contribution < -0.4 is 0 Å². The lowest BCUT2D eigenvalue weighted by atomic mass is 10.2. The number of aliphatic hydroxyl groups is 1. The van der Waals surface area contributed by atoms with Gasteiger partial charge in [-0.15, -0.1) is 0 Å². The third kappa shape index (κ3) is 2.27. The quantitative estimate of drug-likeness (QED) is 0.590. The summed E-state index contributed by atoms with van der Waals surface area (Å²) in [6.07, 6.45) is 4.56. The summed E-state index contributed by atoms with van der Waals surface area (Å²) in [5, 5.41) is 9.12. The number of aliphatic hydroxyl groups excluding tert-OH is 1. The molecule has 1 radical (unpaired) electrons. The Morgan fingerprint density at radius 3 is 2.00 bits per heavy atom. The second-order valence-electron chi connectivity index (χ2n) is 2.93. The third-order valence-electron chi connectivity index (χ3n) is 2.06. The van der Waals surface area contributed by atoms with Crippen molar-refractivity contribution in [3.8, 4) is 0 Å². The maximum Gasteiger partial charge on any atom is 0.107 e. The fraction of sp³-hybridized carbons (Fsp3) is 0.875. The van der Waals surface area contributed by atoms with E-state index in [0.717, 1.165) is 13.1 Å². The molecule has 1 aliphatic rings. The van der Waals surface area contributed by atoms with Crippen LogP contribution in [0.3, 0.4) is 0 Å². The number of rotatable bonds is 1. The molecule has 2 heteroatoms. The fourth-order valence-electron chi connectivity index (χ4n) is 1.39. The van der Waals surface area contributed by atoms with Gasteiger partial charge in [-0.3, -0.25) is 4.90 Å². The largest absolute Gasteiger partial charge is 0.378 e. The van der Waals surface area contributed by atoms with E-state index < -0.39 is 6.23 Å². The van der Waals surface area contributed by atoms with Crippen molar-refractivity contribution in [2.24, 2.45) is 0 Å². The van der Waals surface area contributed by atoms with Crippen LogP contribution in [0.1, 0.15) is 25.7 Å². The van der Waals surface area contributed by atoms with Gasteiger partial charge in [0.2, 0.25) is 0 Å². The predicted octanol–water partition coefficient (Wildman–Crippen LogP) is 1.01. The second kappa shape index (κ2) is 3.94. The average Bonchev–Trinajstić information content (AvgIpc) is 2.12. The Hall–Kier alpha value is -0.0800. The van der Waals surface area contributed by atoms with Gasteiger partial charge in [0.25, 0.3) is 0 Å². The van der Waals surface area contributed by atoms with E-state index in [0.29, 0.717) is 0 Å². The zero-order valence-corrected chi connectivity index (χ0v) is 6.42. The van der Waals surface area contributed by atoms with E-state index in [1.54, 1.807) is 0 Å². The van der Waals surface area contributed by atoms with Crippen molar-refractivity contribution < 1.29 is 5.11 Å². The summed E-state index contributed by atoms with van der Waals surface area (Å²) in [7, 11) is 0. The lowest BCUT2D eigenvalue weighted by Gasteiger charge is -2.22. The fourth-order valence-corrected chi connectivity index (χ4v) is 1.39. The molecule has 1 N–H and O–H groups in total. The topological polar surface area (TPSA) is 23.5 Å². The highest BCUT2D eigenvalue weighted by atomic mass is 16.3. The number of hydrogen-bond donors (Lipinski definition) is 1. The Labute approximate surface area is 62.8 Å². The molecule has 1 saturated heterocycles. The molecule has 1 unspecified atom stereocenters. The van der Waals surface area contributed by atoms with Crippen molar-refractivity contribution in [2.75, 3.05) is 13.1 Å². The molecule has 2 nitrogen and oxygen atoms in total. The molecule has 0 amide bonds. The highest BCUT2D eigenvalue weighted by Gasteiger charge is 2.12. The van der Waals surface area contributed by atoms with Gasteiger partial charge in [0.15, 0.2) is 0 Å². The molecule has 1 fully saturated rings. The van der Waals surface area contributed by atoms with E-state index in [2.05, 4.69) is 6.92 Å². The van der Waals surface area contributed by atoms with Gasteiger partial charge in [0, 0.05) is 13.1 Å². The normalized spacial score (nSPS) is 25.8. The van der Waals surface area contributed by atoms with Gasteiger partial charge in [-0.2, -0.15) is 0 Å². The van der Waals surface area contributed by atoms with Gasteiger partial charge in [0.05, 0.1) is 0 Å². The monoisotopic (exact) mass is 142 g/mol. The van der Waals surface area contributed by atoms with Crippen molar-refractivity contribution in [1.82, 2.24) is 4.90 Å². The predicted molar refractivity (Wildman–Crippen MR) is 41.4 cm³/mol. The molecule has 10 heavy (non-hydrogen) atoms. The molecule has 0 aromatic rings. The van der Waals surface area contributed by atoms with Crippen LogP contribution in [0.15, 0.2) is 0 Å². The molecule has 0 aromatic heterocycles. The molecule has 1 rings (SSSR count). The van der Waals surface area contributed by atoms with Crippen LogP contribution in [0.5, 0.6) is 0 Å². The van der Waals surface area contributed by atoms with E-state index in [-0.39, 0.29) is 0 Å². The van der Waals surface area contributed by atoms with E-state index in [4.69, 9.17) is 5.11 Å². The number of nitrogens with zero attached hydrogens (tertiary/aromatic N) is 1. The summed E-state index contributed by atoms with van der Waals surface area (Å²) in [5.41, 5.74) is 0. The van der Waals surface area contributed by atoms with Gasteiger partial charge in [-0.25, -0.2) is 0 Å². The lowest BCUT2D eigenvalue weighted by Crippen LogP contribution is -2.33. The van der Waals surface area contributed by atoms with Gasteiger partial charge in [-0.05, 0) is 19.8 Å². The smallest absolute Gasteiger partial charge is 0.107 e. The molecule has 0 aliphatic carbocycles. The van der Waals surface area contributed by atoms with E-state index in [9.17, 15) is 0 Å². The lowest BCUT2D eigenvalue weighted by molar-refractivity contribution is 0.0423. The van der Waals surface area contributed by atoms with Crippen molar-refractivity contribution in [2.45, 2.75) is 31.9 Å². The zero-order chi connectivity index (χ0) is 7.40. The minimum absolute atomic E-state index is 0.488. The standard InChI is InChI=1S/C8H16NO/c1-8(10)9-6-4-2-3-5-7-9/h8,10H,1-7H2. The van der Waals surface area contributed by atoms with Crippen molar-refractivity contribution in [1.29, 1.82) is 0 Å². The Morgan fingerprint density at radius 2 is 1.60 bits per heavy atom. The van der Waals surface area contributed by atoms with Crippen LogP contribution in [-0.4, -0.2) is 29.3 Å². The summed E-state index contributed by atoms with van der Waals surface area (Å²) >= 11 is 0. The van der Waals surface area contributed by atoms with Crippen molar-refractivity contribution in [3.05, 3.63) is 6.92 Å². The molecule has 1 aliphatic heterocycles. The molecule has 1 heterocycles. The van der Waals surface area contributed by atoms with Crippen LogP contribution in [0.4, 0.5) is 0 Å². The molecule has 1 atom stereocenters. The summed E-state index contributed by atoms with van der Waals surface area (Å²) in [6.45, 7) is 5.62. The van der Waals surface area contributed by atoms with Crippen LogP contribution in [-0.2, 0) is 0 Å². The average molecular weight is 142 g/mol. The summed E-state index contributed by atoms with van der Waals surface area (Å²) in [4.78, 5) is 2.03. The first-order chi connectivity index (χ1) is 4.80. The Bertz CT molecular complexity index is 85.3. The third-order valence-corrected chi connectivity index (χ3v) is 2.06. The maximum absolute atomic E-state index is 9.12.